The number of fused-ring (bicyclic) bond motifs is 1. The Morgan fingerprint density at radius 2 is 2.30 bits per heavy atom. The number of H-pyrrole nitrogens is 1. The molecule has 1 N–H and O–H groups in total. The Morgan fingerprint density at radius 3 is 3.00 bits per heavy atom. The summed E-state index contributed by atoms with van der Waals surface area (Å²) in [6.07, 6.45) is 6.00. The van der Waals surface area contributed by atoms with Gasteiger partial charge in [-0.25, -0.2) is 4.98 Å². The van der Waals surface area contributed by atoms with E-state index in [-0.39, 0.29) is 17.4 Å². The lowest BCUT2D eigenvalue weighted by Crippen LogP contribution is -2.18. The molecule has 0 fully saturated rings. The maximum absolute atomic E-state index is 12.3. The minimum absolute atomic E-state index is 0.173. The Labute approximate surface area is 138 Å². The second-order valence-electron chi connectivity index (χ2n) is 6.02. The molecular formula is C17H20N2O3S. The largest absolute Gasteiger partial charge is 0.454 e. The van der Waals surface area contributed by atoms with E-state index in [2.05, 4.69) is 22.1 Å². The predicted octanol–water partition coefficient (Wildman–Crippen LogP) is 3.56. The zero-order valence-corrected chi connectivity index (χ0v) is 14.3. The fourth-order valence-electron chi connectivity index (χ4n) is 2.84. The summed E-state index contributed by atoms with van der Waals surface area (Å²) < 4.78 is 5.44. The number of thiophene rings is 1. The third-order valence-corrected chi connectivity index (χ3v) is 5.39. The summed E-state index contributed by atoms with van der Waals surface area (Å²) in [4.78, 5) is 33.3. The van der Waals surface area contributed by atoms with E-state index in [1.165, 1.54) is 11.3 Å². The topological polar surface area (TPSA) is 72.0 Å². The van der Waals surface area contributed by atoms with Crippen molar-refractivity contribution in [2.24, 2.45) is 5.92 Å². The Morgan fingerprint density at radius 1 is 1.52 bits per heavy atom. The number of rotatable bonds is 4. The van der Waals surface area contributed by atoms with Crippen molar-refractivity contribution in [1.29, 1.82) is 0 Å². The van der Waals surface area contributed by atoms with E-state index in [0.29, 0.717) is 22.5 Å². The Balaban J connectivity index is 1.78. The first kappa shape index (κ1) is 15.9. The van der Waals surface area contributed by atoms with Gasteiger partial charge in [0.15, 0.2) is 11.9 Å². The van der Waals surface area contributed by atoms with Crippen molar-refractivity contribution in [3.63, 3.8) is 0 Å². The summed E-state index contributed by atoms with van der Waals surface area (Å²) in [6.45, 7) is 5.63. The maximum Gasteiger partial charge on any atom is 0.307 e. The molecule has 0 saturated carbocycles. The third-order valence-electron chi connectivity index (χ3n) is 4.29. The smallest absolute Gasteiger partial charge is 0.307 e. The van der Waals surface area contributed by atoms with Gasteiger partial charge in [0.05, 0.1) is 11.8 Å². The SMILES string of the molecule is Cc1sc2nc([C@H](C)OC(=O)C[C@@H]3C=CCC3)[nH]c(=O)c2c1C. The average Bonchev–Trinajstić information content (AvgIpc) is 3.07. The van der Waals surface area contributed by atoms with Gasteiger partial charge in [-0.1, -0.05) is 12.2 Å². The van der Waals surface area contributed by atoms with E-state index in [9.17, 15) is 9.59 Å². The number of carbonyl (C=O) groups is 1. The molecular weight excluding hydrogens is 312 g/mol. The first-order chi connectivity index (χ1) is 11.0. The Kier molecular flexibility index (Phi) is 4.35. The molecule has 23 heavy (non-hydrogen) atoms. The van der Waals surface area contributed by atoms with Gasteiger partial charge < -0.3 is 9.72 Å². The molecule has 0 amide bonds. The first-order valence-electron chi connectivity index (χ1n) is 7.81. The van der Waals surface area contributed by atoms with Crippen LogP contribution in [0.25, 0.3) is 10.2 Å². The second-order valence-corrected chi connectivity index (χ2v) is 7.22. The number of hydrogen-bond acceptors (Lipinski definition) is 5. The number of aromatic nitrogens is 2. The van der Waals surface area contributed by atoms with Crippen LogP contribution in [0, 0.1) is 19.8 Å². The molecule has 5 nitrogen and oxygen atoms in total. The van der Waals surface area contributed by atoms with Crippen molar-refractivity contribution in [3.05, 3.63) is 38.8 Å². The molecule has 0 aromatic carbocycles. The lowest BCUT2D eigenvalue weighted by atomic mass is 10.1. The molecule has 2 atom stereocenters. The van der Waals surface area contributed by atoms with Crippen molar-refractivity contribution >= 4 is 27.5 Å². The number of aromatic amines is 1. The van der Waals surface area contributed by atoms with Crippen LogP contribution in [-0.2, 0) is 9.53 Å². The molecule has 3 rings (SSSR count). The van der Waals surface area contributed by atoms with Crippen LogP contribution in [0.15, 0.2) is 16.9 Å². The van der Waals surface area contributed by atoms with Crippen molar-refractivity contribution in [2.75, 3.05) is 0 Å². The molecule has 0 unspecified atom stereocenters. The van der Waals surface area contributed by atoms with Gasteiger partial charge in [-0.2, -0.15) is 0 Å². The summed E-state index contributed by atoms with van der Waals surface area (Å²) in [6, 6.07) is 0. The minimum atomic E-state index is -0.562. The van der Waals surface area contributed by atoms with Gasteiger partial charge in [0.2, 0.25) is 0 Å². The highest BCUT2D eigenvalue weighted by atomic mass is 32.1. The Bertz CT molecular complexity index is 834. The van der Waals surface area contributed by atoms with Crippen molar-refractivity contribution in [1.82, 2.24) is 9.97 Å². The van der Waals surface area contributed by atoms with E-state index in [4.69, 9.17) is 4.74 Å². The van der Waals surface area contributed by atoms with E-state index in [1.807, 2.05) is 13.8 Å². The van der Waals surface area contributed by atoms with E-state index in [0.717, 1.165) is 23.3 Å². The standard InChI is InChI=1S/C17H20N2O3S/c1-9-11(3)23-17-14(9)16(21)18-15(19-17)10(2)22-13(20)8-12-6-4-5-7-12/h4,6,10,12H,5,7-8H2,1-3H3,(H,18,19,21)/t10-,12+/m0/s1. The highest BCUT2D eigenvalue weighted by molar-refractivity contribution is 7.18. The van der Waals surface area contributed by atoms with Crippen LogP contribution in [0.3, 0.4) is 0 Å². The molecule has 0 aliphatic heterocycles. The van der Waals surface area contributed by atoms with Crippen LogP contribution < -0.4 is 5.56 Å². The van der Waals surface area contributed by atoms with Crippen LogP contribution in [-0.4, -0.2) is 15.9 Å². The molecule has 2 aromatic heterocycles. The molecule has 0 saturated heterocycles. The highest BCUT2D eigenvalue weighted by Gasteiger charge is 2.20. The summed E-state index contributed by atoms with van der Waals surface area (Å²) in [7, 11) is 0. The quantitative estimate of drug-likeness (QED) is 0.686. The number of carbonyl (C=O) groups excluding carboxylic acids is 1. The lowest BCUT2D eigenvalue weighted by Gasteiger charge is -2.14. The molecule has 0 spiro atoms. The number of nitrogens with one attached hydrogen (secondary N) is 1. The molecule has 2 heterocycles. The zero-order valence-electron chi connectivity index (χ0n) is 13.5. The minimum Gasteiger partial charge on any atom is -0.454 e. The van der Waals surface area contributed by atoms with Crippen molar-refractivity contribution in [3.8, 4) is 0 Å². The van der Waals surface area contributed by atoms with Gasteiger partial charge in [0.1, 0.15) is 4.83 Å². The van der Waals surface area contributed by atoms with Crippen LogP contribution in [0.4, 0.5) is 0 Å². The molecule has 0 radical (unpaired) electrons. The van der Waals surface area contributed by atoms with E-state index >= 15 is 0 Å². The monoisotopic (exact) mass is 332 g/mol. The fraction of sp³-hybridized carbons (Fsp3) is 0.471. The van der Waals surface area contributed by atoms with Crippen molar-refractivity contribution in [2.45, 2.75) is 46.1 Å². The summed E-state index contributed by atoms with van der Waals surface area (Å²) in [5.74, 6) is 0.418. The highest BCUT2D eigenvalue weighted by Crippen LogP contribution is 2.27. The number of ether oxygens (including phenoxy) is 1. The van der Waals surface area contributed by atoms with Gasteiger partial charge >= 0.3 is 5.97 Å². The lowest BCUT2D eigenvalue weighted by molar-refractivity contribution is -0.149. The number of aryl methyl sites for hydroxylation is 2. The van der Waals surface area contributed by atoms with Gasteiger partial charge in [-0.3, -0.25) is 9.59 Å². The van der Waals surface area contributed by atoms with Gasteiger partial charge in [-0.15, -0.1) is 11.3 Å². The Hall–Kier alpha value is -1.95. The molecule has 122 valence electrons. The summed E-state index contributed by atoms with van der Waals surface area (Å²) in [5.41, 5.74) is 0.788. The predicted molar refractivity (Wildman–Crippen MR) is 90.7 cm³/mol. The second kappa shape index (κ2) is 6.28. The number of allylic oxidation sites excluding steroid dienone is 2. The van der Waals surface area contributed by atoms with Gasteiger partial charge in [0.25, 0.3) is 5.56 Å². The van der Waals surface area contributed by atoms with E-state index in [1.54, 1.807) is 6.92 Å². The average molecular weight is 332 g/mol. The summed E-state index contributed by atoms with van der Waals surface area (Å²) >= 11 is 1.49. The van der Waals surface area contributed by atoms with Crippen LogP contribution in [0.5, 0.6) is 0 Å². The number of nitrogens with zero attached hydrogens (tertiary/aromatic N) is 1. The zero-order chi connectivity index (χ0) is 16.6. The van der Waals surface area contributed by atoms with Gasteiger partial charge in [-0.05, 0) is 45.1 Å². The molecule has 1 aliphatic carbocycles. The van der Waals surface area contributed by atoms with Crippen molar-refractivity contribution < 1.29 is 9.53 Å². The summed E-state index contributed by atoms with van der Waals surface area (Å²) in [5, 5.41) is 0.630. The normalized spacial score (nSPS) is 18.5. The van der Waals surface area contributed by atoms with Crippen LogP contribution in [0.1, 0.15) is 48.6 Å². The number of hydrogen-bond donors (Lipinski definition) is 1. The maximum atomic E-state index is 12.3. The number of esters is 1. The van der Waals surface area contributed by atoms with E-state index < -0.39 is 6.10 Å². The fourth-order valence-corrected chi connectivity index (χ4v) is 3.88. The molecule has 0 bridgehead atoms. The molecule has 2 aromatic rings. The van der Waals surface area contributed by atoms with Crippen LogP contribution in [0.2, 0.25) is 0 Å². The van der Waals surface area contributed by atoms with Crippen LogP contribution >= 0.6 is 11.3 Å². The third kappa shape index (κ3) is 3.22. The first-order valence-corrected chi connectivity index (χ1v) is 8.63. The molecule has 6 heteroatoms. The molecule has 1 aliphatic rings. The van der Waals surface area contributed by atoms with Gasteiger partial charge in [0, 0.05) is 4.88 Å².